The summed E-state index contributed by atoms with van der Waals surface area (Å²) in [6, 6.07) is 0. The fraction of sp³-hybridized carbons (Fsp3) is 0.500. The highest BCUT2D eigenvalue weighted by molar-refractivity contribution is 5.79. The van der Waals surface area contributed by atoms with Crippen molar-refractivity contribution in [1.29, 1.82) is 0 Å². The molecule has 1 heterocycles. The van der Waals surface area contributed by atoms with Gasteiger partial charge in [0.25, 0.3) is 0 Å². The Morgan fingerprint density at radius 1 is 1.78 bits per heavy atom. The summed E-state index contributed by atoms with van der Waals surface area (Å²) in [5.41, 5.74) is 0. The van der Waals surface area contributed by atoms with Crippen LogP contribution in [0.3, 0.4) is 0 Å². The van der Waals surface area contributed by atoms with Gasteiger partial charge in [0, 0.05) is 6.08 Å². The second-order valence-corrected chi connectivity index (χ2v) is 2.00. The summed E-state index contributed by atoms with van der Waals surface area (Å²) in [4.78, 5) is 9.90. The lowest BCUT2D eigenvalue weighted by atomic mass is 10.3. The van der Waals surface area contributed by atoms with Crippen LogP contribution in [0.25, 0.3) is 0 Å². The highest BCUT2D eigenvalue weighted by atomic mass is 16.6. The smallest absolute Gasteiger partial charge is 0.328 e. The Morgan fingerprint density at radius 2 is 2.33 bits per heavy atom. The minimum Gasteiger partial charge on any atom is -0.478 e. The number of carboxylic acids is 1. The summed E-state index contributed by atoms with van der Waals surface area (Å²) in [5.74, 6) is -0.919. The summed E-state index contributed by atoms with van der Waals surface area (Å²) in [6.07, 6.45) is 2.91. The van der Waals surface area contributed by atoms with Crippen LogP contribution in [-0.2, 0) is 9.53 Å². The summed E-state index contributed by atoms with van der Waals surface area (Å²) in [7, 11) is 0. The Kier molecular flexibility index (Phi) is 1.53. The molecule has 1 saturated heterocycles. The molecule has 1 fully saturated rings. The first-order valence-corrected chi connectivity index (χ1v) is 2.77. The maximum atomic E-state index is 9.90. The van der Waals surface area contributed by atoms with Gasteiger partial charge in [0.1, 0.15) is 6.10 Å². The molecule has 0 aromatic rings. The molecule has 0 bridgehead atoms. The molecule has 1 aliphatic heterocycles. The Bertz CT molecular complexity index is 150. The summed E-state index contributed by atoms with van der Waals surface area (Å²) in [5, 5.41) is 8.13. The molecule has 0 spiro atoms. The van der Waals surface area contributed by atoms with Crippen LogP contribution in [0.2, 0.25) is 0 Å². The number of carboxylic acid groups (broad SMARTS) is 1. The van der Waals surface area contributed by atoms with Crippen LogP contribution >= 0.6 is 0 Å². The molecule has 1 N–H and O–H groups in total. The highest BCUT2D eigenvalue weighted by Gasteiger charge is 2.31. The predicted molar refractivity (Wildman–Crippen MR) is 31.1 cm³/mol. The molecular formula is C6H8O3. The molecular weight excluding hydrogens is 120 g/mol. The van der Waals surface area contributed by atoms with Gasteiger partial charge in [-0.25, -0.2) is 4.79 Å². The van der Waals surface area contributed by atoms with Crippen molar-refractivity contribution < 1.29 is 14.6 Å². The van der Waals surface area contributed by atoms with Gasteiger partial charge in [-0.15, -0.1) is 0 Å². The van der Waals surface area contributed by atoms with E-state index in [0.717, 1.165) is 6.08 Å². The Hall–Kier alpha value is -0.830. The van der Waals surface area contributed by atoms with Gasteiger partial charge in [0.05, 0.1) is 6.10 Å². The quantitative estimate of drug-likeness (QED) is 0.433. The molecule has 3 nitrogen and oxygen atoms in total. The van der Waals surface area contributed by atoms with Crippen molar-refractivity contribution in [3.05, 3.63) is 12.2 Å². The predicted octanol–water partition coefficient (Wildman–Crippen LogP) is 0.414. The number of hydrogen-bond acceptors (Lipinski definition) is 2. The fourth-order valence-corrected chi connectivity index (χ4v) is 0.581. The van der Waals surface area contributed by atoms with E-state index >= 15 is 0 Å². The SMILES string of the molecule is C[C@H]1O[C@@H]1/C=C/C(=O)O. The van der Waals surface area contributed by atoms with Crippen molar-refractivity contribution in [3.63, 3.8) is 0 Å². The number of ether oxygens (including phenoxy) is 1. The lowest BCUT2D eigenvalue weighted by Crippen LogP contribution is -1.89. The molecule has 3 heteroatoms. The van der Waals surface area contributed by atoms with Crippen LogP contribution in [0.1, 0.15) is 6.92 Å². The number of rotatable bonds is 2. The van der Waals surface area contributed by atoms with E-state index in [1.54, 1.807) is 6.08 Å². The van der Waals surface area contributed by atoms with Crippen LogP contribution < -0.4 is 0 Å². The van der Waals surface area contributed by atoms with Crippen molar-refractivity contribution in [3.8, 4) is 0 Å². The second-order valence-electron chi connectivity index (χ2n) is 2.00. The topological polar surface area (TPSA) is 49.8 Å². The van der Waals surface area contributed by atoms with Gasteiger partial charge in [-0.3, -0.25) is 0 Å². The van der Waals surface area contributed by atoms with Gasteiger partial charge in [-0.2, -0.15) is 0 Å². The molecule has 0 radical (unpaired) electrons. The van der Waals surface area contributed by atoms with Crippen molar-refractivity contribution in [2.75, 3.05) is 0 Å². The minimum atomic E-state index is -0.919. The maximum Gasteiger partial charge on any atom is 0.328 e. The third-order valence-corrected chi connectivity index (χ3v) is 1.19. The third-order valence-electron chi connectivity index (χ3n) is 1.19. The van der Waals surface area contributed by atoms with Crippen molar-refractivity contribution in [2.45, 2.75) is 19.1 Å². The Morgan fingerprint density at radius 3 is 2.67 bits per heavy atom. The van der Waals surface area contributed by atoms with E-state index < -0.39 is 5.97 Å². The van der Waals surface area contributed by atoms with Crippen LogP contribution in [0.4, 0.5) is 0 Å². The van der Waals surface area contributed by atoms with E-state index in [2.05, 4.69) is 0 Å². The Labute approximate surface area is 52.9 Å². The molecule has 1 aliphatic rings. The molecule has 9 heavy (non-hydrogen) atoms. The van der Waals surface area contributed by atoms with E-state index in [4.69, 9.17) is 9.84 Å². The average molecular weight is 128 g/mol. The average Bonchev–Trinajstić information content (AvgIpc) is 2.42. The monoisotopic (exact) mass is 128 g/mol. The third kappa shape index (κ3) is 1.85. The molecule has 50 valence electrons. The van der Waals surface area contributed by atoms with E-state index in [1.165, 1.54) is 0 Å². The normalized spacial score (nSPS) is 33.0. The van der Waals surface area contributed by atoms with Crippen LogP contribution in [0.15, 0.2) is 12.2 Å². The lowest BCUT2D eigenvalue weighted by Gasteiger charge is -1.75. The summed E-state index contributed by atoms with van der Waals surface area (Å²) >= 11 is 0. The van der Waals surface area contributed by atoms with Crippen LogP contribution in [0, 0.1) is 0 Å². The largest absolute Gasteiger partial charge is 0.478 e. The second kappa shape index (κ2) is 2.19. The molecule has 1 rings (SSSR count). The summed E-state index contributed by atoms with van der Waals surface area (Å²) in [6.45, 7) is 1.90. The number of epoxide rings is 1. The lowest BCUT2D eigenvalue weighted by molar-refractivity contribution is -0.131. The van der Waals surface area contributed by atoms with Crippen molar-refractivity contribution >= 4 is 5.97 Å². The zero-order chi connectivity index (χ0) is 6.85. The van der Waals surface area contributed by atoms with Crippen LogP contribution in [-0.4, -0.2) is 23.3 Å². The van der Waals surface area contributed by atoms with Gasteiger partial charge in [0.15, 0.2) is 0 Å². The number of carbonyl (C=O) groups is 1. The van der Waals surface area contributed by atoms with E-state index in [0.29, 0.717) is 0 Å². The first-order valence-electron chi connectivity index (χ1n) is 2.77. The number of aliphatic carboxylic acids is 1. The molecule has 0 amide bonds. The van der Waals surface area contributed by atoms with E-state index in [1.807, 2.05) is 6.92 Å². The van der Waals surface area contributed by atoms with E-state index in [9.17, 15) is 4.79 Å². The molecule has 0 aromatic carbocycles. The maximum absolute atomic E-state index is 9.90. The molecule has 0 unspecified atom stereocenters. The van der Waals surface area contributed by atoms with E-state index in [-0.39, 0.29) is 12.2 Å². The van der Waals surface area contributed by atoms with Gasteiger partial charge in [-0.05, 0) is 13.0 Å². The van der Waals surface area contributed by atoms with Crippen molar-refractivity contribution in [2.24, 2.45) is 0 Å². The van der Waals surface area contributed by atoms with Crippen molar-refractivity contribution in [1.82, 2.24) is 0 Å². The first-order chi connectivity index (χ1) is 4.20. The zero-order valence-corrected chi connectivity index (χ0v) is 5.07. The minimum absolute atomic E-state index is 0.0427. The zero-order valence-electron chi connectivity index (χ0n) is 5.07. The number of hydrogen-bond donors (Lipinski definition) is 1. The van der Waals surface area contributed by atoms with Gasteiger partial charge in [0.2, 0.25) is 0 Å². The summed E-state index contributed by atoms with van der Waals surface area (Å²) < 4.78 is 4.92. The molecule has 0 saturated carbocycles. The van der Waals surface area contributed by atoms with Gasteiger partial charge < -0.3 is 9.84 Å². The van der Waals surface area contributed by atoms with Crippen LogP contribution in [0.5, 0.6) is 0 Å². The first kappa shape index (κ1) is 6.29. The molecule has 0 aliphatic carbocycles. The fourth-order valence-electron chi connectivity index (χ4n) is 0.581. The molecule has 2 atom stereocenters. The molecule has 0 aromatic heterocycles. The van der Waals surface area contributed by atoms with Gasteiger partial charge >= 0.3 is 5.97 Å². The van der Waals surface area contributed by atoms with Gasteiger partial charge in [-0.1, -0.05) is 0 Å². The highest BCUT2D eigenvalue weighted by Crippen LogP contribution is 2.21. The standard InChI is InChI=1S/C6H8O3/c1-4-5(9-4)2-3-6(7)8/h2-5H,1H3,(H,7,8)/b3-2+/t4-,5-/m1/s1. The Balaban J connectivity index is 2.25.